The van der Waals surface area contributed by atoms with Gasteiger partial charge in [0.05, 0.1) is 5.69 Å². The van der Waals surface area contributed by atoms with E-state index in [1.807, 2.05) is 45.0 Å². The summed E-state index contributed by atoms with van der Waals surface area (Å²) in [5, 5.41) is 2.93. The Labute approximate surface area is 214 Å². The van der Waals surface area contributed by atoms with Crippen molar-refractivity contribution >= 4 is 27.7 Å². The number of hydrogen-bond donors (Lipinski definition) is 1. The zero-order valence-corrected chi connectivity index (χ0v) is 22.7. The number of amides is 2. The summed E-state index contributed by atoms with van der Waals surface area (Å²) in [7, 11) is -1.60. The summed E-state index contributed by atoms with van der Waals surface area (Å²) < 4.78 is 42.7. The van der Waals surface area contributed by atoms with Crippen LogP contribution >= 0.6 is 0 Å². The molecule has 1 N–H and O–H groups in total. The highest BCUT2D eigenvalue weighted by Crippen LogP contribution is 2.24. The van der Waals surface area contributed by atoms with Gasteiger partial charge in [0.1, 0.15) is 18.4 Å². The molecule has 0 saturated heterocycles. The highest BCUT2D eigenvalue weighted by Gasteiger charge is 2.35. The number of rotatable bonds is 12. The average Bonchev–Trinajstić information content (AvgIpc) is 2.83. The molecule has 0 aliphatic carbocycles. The predicted octanol–water partition coefficient (Wildman–Crippen LogP) is 3.47. The van der Waals surface area contributed by atoms with Gasteiger partial charge in [0.2, 0.25) is 11.8 Å². The van der Waals surface area contributed by atoms with Crippen molar-refractivity contribution in [1.29, 1.82) is 0 Å². The molecule has 0 unspecified atom stereocenters. The van der Waals surface area contributed by atoms with Crippen molar-refractivity contribution in [3.8, 4) is 0 Å². The van der Waals surface area contributed by atoms with Crippen LogP contribution in [0.3, 0.4) is 0 Å². The molecule has 2 aromatic rings. The van der Waals surface area contributed by atoms with Gasteiger partial charge in [0.15, 0.2) is 0 Å². The van der Waals surface area contributed by atoms with Crippen molar-refractivity contribution in [3.05, 3.63) is 65.5 Å². The molecule has 2 aromatic carbocycles. The van der Waals surface area contributed by atoms with Gasteiger partial charge in [-0.3, -0.25) is 9.59 Å². The second-order valence-corrected chi connectivity index (χ2v) is 11.0. The van der Waals surface area contributed by atoms with Crippen LogP contribution in [0.2, 0.25) is 0 Å². The van der Waals surface area contributed by atoms with Gasteiger partial charge in [-0.2, -0.15) is 12.7 Å². The van der Waals surface area contributed by atoms with E-state index < -0.39 is 34.5 Å². The van der Waals surface area contributed by atoms with Crippen molar-refractivity contribution in [1.82, 2.24) is 14.5 Å². The van der Waals surface area contributed by atoms with Gasteiger partial charge in [-0.1, -0.05) is 50.2 Å². The summed E-state index contributed by atoms with van der Waals surface area (Å²) >= 11 is 0. The van der Waals surface area contributed by atoms with Gasteiger partial charge in [0.25, 0.3) is 0 Å². The maximum absolute atomic E-state index is 14.7. The van der Waals surface area contributed by atoms with E-state index in [2.05, 4.69) is 5.32 Å². The topological polar surface area (TPSA) is 90.0 Å². The highest BCUT2D eigenvalue weighted by molar-refractivity contribution is 7.90. The molecule has 0 fully saturated rings. The molecule has 0 saturated carbocycles. The Morgan fingerprint density at radius 1 is 1.00 bits per heavy atom. The number of nitrogens with one attached hydrogen (secondary N) is 1. The summed E-state index contributed by atoms with van der Waals surface area (Å²) in [5.41, 5.74) is 1.51. The Morgan fingerprint density at radius 3 is 2.17 bits per heavy atom. The fourth-order valence-corrected chi connectivity index (χ4v) is 4.75. The van der Waals surface area contributed by atoms with Crippen molar-refractivity contribution in [2.75, 3.05) is 24.9 Å². The number of aryl methyl sites for hydroxylation is 1. The number of para-hydroxylation sites is 1. The van der Waals surface area contributed by atoms with Crippen molar-refractivity contribution in [2.45, 2.75) is 59.2 Å². The zero-order valence-electron chi connectivity index (χ0n) is 21.9. The molecular formula is C26H37FN4O4S. The Kier molecular flexibility index (Phi) is 10.4. The minimum absolute atomic E-state index is 0.0917. The van der Waals surface area contributed by atoms with E-state index in [-0.39, 0.29) is 24.2 Å². The van der Waals surface area contributed by atoms with Crippen LogP contribution in [0.15, 0.2) is 48.5 Å². The number of benzene rings is 2. The van der Waals surface area contributed by atoms with E-state index in [4.69, 9.17) is 0 Å². The first-order valence-corrected chi connectivity index (χ1v) is 13.4. The van der Waals surface area contributed by atoms with Gasteiger partial charge < -0.3 is 10.2 Å². The summed E-state index contributed by atoms with van der Waals surface area (Å²) in [6.45, 7) is 6.96. The second kappa shape index (κ2) is 12.8. The lowest BCUT2D eigenvalue weighted by molar-refractivity contribution is -0.140. The molecule has 0 aliphatic heterocycles. The number of hydrogen-bond acceptors (Lipinski definition) is 4. The maximum Gasteiger partial charge on any atom is 0.304 e. The van der Waals surface area contributed by atoms with E-state index in [0.29, 0.717) is 6.42 Å². The molecule has 2 amide bonds. The standard InChI is InChI=1S/C26H37FN4O4S/c1-7-20(4)28-26(33)23(8-2)30(17-21-14-10-9-13-19(21)3)25(32)18-31(36(34,35)29(5)6)24-16-12-11-15-22(24)27/h9-16,20,23H,7-8,17-18H2,1-6H3,(H,28,33)/t20-,23+/m0/s1. The van der Waals surface area contributed by atoms with Crippen LogP contribution in [0.5, 0.6) is 0 Å². The van der Waals surface area contributed by atoms with E-state index in [0.717, 1.165) is 32.2 Å². The van der Waals surface area contributed by atoms with E-state index in [1.54, 1.807) is 6.92 Å². The molecule has 0 bridgehead atoms. The van der Waals surface area contributed by atoms with Gasteiger partial charge >= 0.3 is 10.2 Å². The largest absolute Gasteiger partial charge is 0.352 e. The van der Waals surface area contributed by atoms with Gasteiger partial charge in [0, 0.05) is 26.7 Å². The molecule has 0 aliphatic rings. The fourth-order valence-electron chi connectivity index (χ4n) is 3.69. The quantitative estimate of drug-likeness (QED) is 0.464. The number of nitrogens with zero attached hydrogens (tertiary/aromatic N) is 3. The normalized spacial score (nSPS) is 13.2. The molecule has 0 spiro atoms. The lowest BCUT2D eigenvalue weighted by Crippen LogP contribution is -2.54. The molecule has 198 valence electrons. The van der Waals surface area contributed by atoms with Gasteiger partial charge in [-0.15, -0.1) is 0 Å². The molecule has 0 heterocycles. The van der Waals surface area contributed by atoms with Crippen molar-refractivity contribution in [2.24, 2.45) is 0 Å². The maximum atomic E-state index is 14.7. The van der Waals surface area contributed by atoms with Crippen molar-refractivity contribution < 1.29 is 22.4 Å². The molecular weight excluding hydrogens is 483 g/mol. The van der Waals surface area contributed by atoms with Gasteiger partial charge in [-0.05, 0) is 49.9 Å². The Bertz CT molecular complexity index is 1160. The third-order valence-corrected chi connectivity index (χ3v) is 7.93. The van der Waals surface area contributed by atoms with Crippen LogP contribution in [0.25, 0.3) is 0 Å². The molecule has 8 nitrogen and oxygen atoms in total. The Morgan fingerprint density at radius 2 is 1.61 bits per heavy atom. The summed E-state index contributed by atoms with van der Waals surface area (Å²) in [6.07, 6.45) is 1.04. The fraction of sp³-hybridized carbons (Fsp3) is 0.462. The summed E-state index contributed by atoms with van der Waals surface area (Å²) in [4.78, 5) is 28.3. The Hall–Kier alpha value is -2.98. The number of carbonyl (C=O) groups excluding carboxylic acids is 2. The number of carbonyl (C=O) groups is 2. The van der Waals surface area contributed by atoms with E-state index in [9.17, 15) is 22.4 Å². The number of halogens is 1. The lowest BCUT2D eigenvalue weighted by Gasteiger charge is -2.34. The first-order valence-electron chi connectivity index (χ1n) is 12.0. The molecule has 2 atom stereocenters. The summed E-state index contributed by atoms with van der Waals surface area (Å²) in [5.74, 6) is -1.71. The lowest BCUT2D eigenvalue weighted by atomic mass is 10.1. The molecule has 2 rings (SSSR count). The molecule has 0 radical (unpaired) electrons. The highest BCUT2D eigenvalue weighted by atomic mass is 32.2. The minimum atomic E-state index is -4.22. The van der Waals surface area contributed by atoms with Crippen LogP contribution in [-0.4, -0.2) is 62.2 Å². The van der Waals surface area contributed by atoms with E-state index >= 15 is 0 Å². The van der Waals surface area contributed by atoms with E-state index in [1.165, 1.54) is 37.2 Å². The number of anilines is 1. The van der Waals surface area contributed by atoms with Crippen LogP contribution in [0, 0.1) is 12.7 Å². The SMILES string of the molecule is CC[C@H](C(=O)N[C@@H](C)CC)N(Cc1ccccc1C)C(=O)CN(c1ccccc1F)S(=O)(=O)N(C)C. The second-order valence-electron chi connectivity index (χ2n) is 8.94. The van der Waals surface area contributed by atoms with Crippen molar-refractivity contribution in [3.63, 3.8) is 0 Å². The van der Waals surface area contributed by atoms with Crippen LogP contribution in [0.4, 0.5) is 10.1 Å². The molecule has 10 heteroatoms. The third-order valence-electron chi connectivity index (χ3n) is 6.13. The smallest absolute Gasteiger partial charge is 0.304 e. The van der Waals surface area contributed by atoms with Crippen LogP contribution < -0.4 is 9.62 Å². The average molecular weight is 521 g/mol. The zero-order chi connectivity index (χ0) is 27.0. The van der Waals surface area contributed by atoms with Crippen LogP contribution in [-0.2, 0) is 26.3 Å². The first kappa shape index (κ1) is 29.3. The monoisotopic (exact) mass is 520 g/mol. The Balaban J connectivity index is 2.54. The van der Waals surface area contributed by atoms with Crippen LogP contribution in [0.1, 0.15) is 44.7 Å². The third kappa shape index (κ3) is 7.04. The predicted molar refractivity (Wildman–Crippen MR) is 140 cm³/mol. The van der Waals surface area contributed by atoms with Gasteiger partial charge in [-0.25, -0.2) is 8.70 Å². The molecule has 0 aromatic heterocycles. The summed E-state index contributed by atoms with van der Waals surface area (Å²) in [6, 6.07) is 11.9. The minimum Gasteiger partial charge on any atom is -0.352 e. The molecule has 36 heavy (non-hydrogen) atoms. The first-order chi connectivity index (χ1) is 16.9.